The van der Waals surface area contributed by atoms with Crippen LogP contribution in [0.1, 0.15) is 35.6 Å². The fourth-order valence-corrected chi connectivity index (χ4v) is 6.74. The van der Waals surface area contributed by atoms with Crippen molar-refractivity contribution in [2.45, 2.75) is 55.9 Å². The Morgan fingerprint density at radius 2 is 1.57 bits per heavy atom. The normalized spacial score (nSPS) is 36.5. The maximum atomic E-state index is 13.4. The average molecular weight is 589 g/mol. The highest BCUT2D eigenvalue weighted by molar-refractivity contribution is 5.79. The number of hydrogen-bond donors (Lipinski definition) is 3. The van der Waals surface area contributed by atoms with Crippen LogP contribution in [0, 0.1) is 11.8 Å². The second kappa shape index (κ2) is 10.4. The van der Waals surface area contributed by atoms with Crippen molar-refractivity contribution in [3.63, 3.8) is 0 Å². The van der Waals surface area contributed by atoms with Crippen LogP contribution in [-0.4, -0.2) is 92.5 Å². The second-order valence-electron chi connectivity index (χ2n) is 11.0. The molecule has 0 unspecified atom stereocenters. The molecule has 0 spiro atoms. The van der Waals surface area contributed by atoms with E-state index in [1.54, 1.807) is 31.2 Å². The Morgan fingerprint density at radius 1 is 0.881 bits per heavy atom. The van der Waals surface area contributed by atoms with Crippen molar-refractivity contribution in [2.24, 2.45) is 11.8 Å². The molecule has 3 saturated heterocycles. The minimum atomic E-state index is -1.44. The Hall–Kier alpha value is -3.33. The monoisotopic (exact) mass is 588 g/mol. The molecule has 2 aromatic carbocycles. The van der Waals surface area contributed by atoms with Gasteiger partial charge in [0.2, 0.25) is 12.5 Å². The van der Waals surface area contributed by atoms with E-state index in [0.717, 1.165) is 0 Å². The third-order valence-corrected chi connectivity index (χ3v) is 8.75. The van der Waals surface area contributed by atoms with Gasteiger partial charge in [0, 0.05) is 11.8 Å². The summed E-state index contributed by atoms with van der Waals surface area (Å²) in [7, 11) is 2.86. The van der Waals surface area contributed by atoms with Crippen LogP contribution in [0.25, 0.3) is 0 Å². The number of aliphatic hydroxyl groups is 2. The molecule has 226 valence electrons. The van der Waals surface area contributed by atoms with Gasteiger partial charge in [-0.2, -0.15) is 0 Å². The molecule has 0 amide bonds. The number of rotatable bonds is 5. The number of methoxy groups -OCH3 is 2. The molecular formula is C29H32O13. The Labute approximate surface area is 240 Å². The molecule has 0 radical (unpaired) electrons. The first-order valence-corrected chi connectivity index (χ1v) is 13.8. The molecule has 0 bridgehead atoms. The topological polar surface area (TPSA) is 161 Å². The molecule has 1 aliphatic carbocycles. The third-order valence-electron chi connectivity index (χ3n) is 8.75. The summed E-state index contributed by atoms with van der Waals surface area (Å²) in [5.41, 5.74) is 2.01. The molecule has 3 fully saturated rings. The summed E-state index contributed by atoms with van der Waals surface area (Å²) in [6, 6.07) is 6.93. The molecule has 2 aromatic rings. The van der Waals surface area contributed by atoms with Crippen molar-refractivity contribution < 1.29 is 62.7 Å². The van der Waals surface area contributed by atoms with Crippen LogP contribution in [0.3, 0.4) is 0 Å². The number of benzene rings is 2. The zero-order valence-corrected chi connectivity index (χ0v) is 23.1. The van der Waals surface area contributed by atoms with Gasteiger partial charge >= 0.3 is 5.97 Å². The minimum absolute atomic E-state index is 0.0301. The number of carbonyl (C=O) groups excluding carboxylic acids is 1. The zero-order valence-electron chi connectivity index (χ0n) is 23.1. The van der Waals surface area contributed by atoms with Crippen molar-refractivity contribution in [1.82, 2.24) is 0 Å². The summed E-state index contributed by atoms with van der Waals surface area (Å²) >= 11 is 0. The Bertz CT molecular complexity index is 1350. The van der Waals surface area contributed by atoms with Gasteiger partial charge in [-0.1, -0.05) is 0 Å². The number of phenols is 1. The van der Waals surface area contributed by atoms with Gasteiger partial charge in [0.05, 0.1) is 39.5 Å². The summed E-state index contributed by atoms with van der Waals surface area (Å²) < 4.78 is 51.5. The van der Waals surface area contributed by atoms with Gasteiger partial charge in [0.15, 0.2) is 35.6 Å². The molecule has 0 saturated carbocycles. The Morgan fingerprint density at radius 3 is 2.26 bits per heavy atom. The lowest BCUT2D eigenvalue weighted by Crippen LogP contribution is -2.63. The van der Waals surface area contributed by atoms with Crippen LogP contribution in [0.2, 0.25) is 0 Å². The van der Waals surface area contributed by atoms with E-state index in [1.165, 1.54) is 14.2 Å². The number of esters is 1. The van der Waals surface area contributed by atoms with Crippen molar-refractivity contribution in [2.75, 3.05) is 34.2 Å². The number of aromatic hydroxyl groups is 1. The van der Waals surface area contributed by atoms with Gasteiger partial charge < -0.3 is 58.0 Å². The highest BCUT2D eigenvalue weighted by Gasteiger charge is 2.56. The van der Waals surface area contributed by atoms with Gasteiger partial charge in [0.1, 0.15) is 24.4 Å². The molecule has 13 heteroatoms. The molecule has 3 N–H and O–H groups in total. The summed E-state index contributed by atoms with van der Waals surface area (Å²) in [5.74, 6) is -1.02. The van der Waals surface area contributed by atoms with Gasteiger partial charge in [-0.05, 0) is 47.9 Å². The molecule has 42 heavy (non-hydrogen) atoms. The van der Waals surface area contributed by atoms with E-state index < -0.39 is 66.8 Å². The summed E-state index contributed by atoms with van der Waals surface area (Å²) in [6.45, 7) is 1.93. The van der Waals surface area contributed by atoms with E-state index in [1.807, 2.05) is 0 Å². The van der Waals surface area contributed by atoms with Crippen molar-refractivity contribution in [3.8, 4) is 28.7 Å². The van der Waals surface area contributed by atoms with Crippen molar-refractivity contribution in [3.05, 3.63) is 41.0 Å². The molecule has 5 aliphatic rings. The molecule has 0 aromatic heterocycles. The van der Waals surface area contributed by atoms with Crippen LogP contribution >= 0.6 is 0 Å². The van der Waals surface area contributed by atoms with Crippen LogP contribution in [0.15, 0.2) is 24.3 Å². The van der Waals surface area contributed by atoms with Crippen molar-refractivity contribution in [1.29, 1.82) is 0 Å². The highest BCUT2D eigenvalue weighted by atomic mass is 16.8. The second-order valence-corrected chi connectivity index (χ2v) is 11.0. The van der Waals surface area contributed by atoms with Gasteiger partial charge in [-0.25, -0.2) is 0 Å². The number of fused-ring (bicyclic) bond motifs is 4. The van der Waals surface area contributed by atoms with E-state index in [4.69, 9.17) is 42.6 Å². The summed E-state index contributed by atoms with van der Waals surface area (Å²) in [5, 5.41) is 32.5. The molecule has 4 aliphatic heterocycles. The predicted molar refractivity (Wildman–Crippen MR) is 138 cm³/mol. The van der Waals surface area contributed by atoms with Gasteiger partial charge in [0.25, 0.3) is 0 Å². The maximum absolute atomic E-state index is 13.4. The average Bonchev–Trinajstić information content (AvgIpc) is 3.61. The lowest BCUT2D eigenvalue weighted by Gasteiger charge is -2.47. The Balaban J connectivity index is 1.32. The fraction of sp³-hybridized carbons (Fsp3) is 0.552. The van der Waals surface area contributed by atoms with Gasteiger partial charge in [-0.3, -0.25) is 4.79 Å². The van der Waals surface area contributed by atoms with E-state index in [-0.39, 0.29) is 37.3 Å². The van der Waals surface area contributed by atoms with Crippen LogP contribution in [-0.2, 0) is 28.5 Å². The number of cyclic esters (lactones) is 1. The van der Waals surface area contributed by atoms with Gasteiger partial charge in [-0.15, -0.1) is 0 Å². The lowest BCUT2D eigenvalue weighted by atomic mass is 9.66. The third kappa shape index (κ3) is 4.26. The Kier molecular flexibility index (Phi) is 6.83. The molecule has 10 atom stereocenters. The summed E-state index contributed by atoms with van der Waals surface area (Å²) in [4.78, 5) is 13.4. The van der Waals surface area contributed by atoms with E-state index in [0.29, 0.717) is 28.2 Å². The molecule has 7 rings (SSSR count). The number of aliphatic hydroxyl groups excluding tert-OH is 2. The van der Waals surface area contributed by atoms with Crippen LogP contribution in [0.5, 0.6) is 28.7 Å². The maximum Gasteiger partial charge on any atom is 0.310 e. The first-order chi connectivity index (χ1) is 20.3. The number of carbonyl (C=O) groups is 1. The minimum Gasteiger partial charge on any atom is -0.502 e. The molecular weight excluding hydrogens is 556 g/mol. The molecule has 13 nitrogen and oxygen atoms in total. The predicted octanol–water partition coefficient (Wildman–Crippen LogP) is 1.34. The quantitative estimate of drug-likeness (QED) is 0.430. The summed E-state index contributed by atoms with van der Waals surface area (Å²) in [6.07, 6.45) is -6.80. The zero-order chi connectivity index (χ0) is 29.3. The first-order valence-electron chi connectivity index (χ1n) is 13.8. The van der Waals surface area contributed by atoms with Crippen molar-refractivity contribution >= 4 is 5.97 Å². The van der Waals surface area contributed by atoms with Crippen LogP contribution in [0.4, 0.5) is 0 Å². The van der Waals surface area contributed by atoms with Crippen LogP contribution < -0.4 is 18.9 Å². The first kappa shape index (κ1) is 27.5. The van der Waals surface area contributed by atoms with E-state index >= 15 is 0 Å². The fourth-order valence-electron chi connectivity index (χ4n) is 6.74. The lowest BCUT2D eigenvalue weighted by molar-refractivity contribution is -0.364. The highest BCUT2D eigenvalue weighted by Crippen LogP contribution is 2.57. The number of ether oxygens (including phenoxy) is 9. The van der Waals surface area contributed by atoms with E-state index in [2.05, 4.69) is 0 Å². The number of phenolic OH excluding ortho intramolecular Hbond substituents is 1. The van der Waals surface area contributed by atoms with E-state index in [9.17, 15) is 20.1 Å². The molecule has 4 heterocycles. The standard InChI is InChI=1S/C29H32O13/c1-11-36-9-20-27(40-11)24(31)25(32)29(41-20)42-26-14-7-17-16(38-10-39-17)6-13(14)21(22-15(26)8-37-28(22)33)12-4-18(34-2)23(30)19(5-12)35-3/h4-7,11,15,20-22,24-27,29-32H,8-10H2,1-3H3/t11-,15+,20-,21-,22+,24-,25-,26+,27+,29+/m1/s1. The smallest absolute Gasteiger partial charge is 0.310 e. The largest absolute Gasteiger partial charge is 0.502 e. The number of hydrogen-bond acceptors (Lipinski definition) is 13. The SMILES string of the molecule is COc1cc([C@@H]2c3cc4c(cc3[C@H](O[C@@H]3O[C@@H]5CO[C@@H](C)O[C@@H]5[C@H](O)[C@H]3O)[C@H]3COC(=O)[C@H]23)OCO4)cc(OC)c1O.